The molecule has 7 heteroatoms. The van der Waals surface area contributed by atoms with Crippen molar-refractivity contribution < 1.29 is 14.7 Å². The van der Waals surface area contributed by atoms with E-state index < -0.39 is 5.97 Å². The highest BCUT2D eigenvalue weighted by Crippen LogP contribution is 2.04. The van der Waals surface area contributed by atoms with Gasteiger partial charge in [-0.05, 0) is 24.1 Å². The third kappa shape index (κ3) is 4.64. The molecule has 110 valence electrons. The lowest BCUT2D eigenvalue weighted by atomic mass is 10.1. The third-order valence-corrected chi connectivity index (χ3v) is 2.91. The van der Waals surface area contributed by atoms with Crippen LogP contribution < -0.4 is 10.6 Å². The minimum absolute atomic E-state index is 0.252. The van der Waals surface area contributed by atoms with Crippen LogP contribution >= 0.6 is 0 Å². The Hall–Kier alpha value is -2.83. The molecule has 2 rings (SSSR count). The molecular formula is C14H16N4O3. The van der Waals surface area contributed by atoms with Crippen LogP contribution in [0, 0.1) is 0 Å². The van der Waals surface area contributed by atoms with E-state index in [0.29, 0.717) is 19.5 Å². The molecule has 4 N–H and O–H groups in total. The lowest BCUT2D eigenvalue weighted by Crippen LogP contribution is -2.36. The number of aromatic amines is 1. The van der Waals surface area contributed by atoms with Crippen molar-refractivity contribution in [2.75, 3.05) is 6.54 Å². The van der Waals surface area contributed by atoms with Crippen molar-refractivity contribution in [2.45, 2.75) is 13.0 Å². The van der Waals surface area contributed by atoms with Gasteiger partial charge in [0.1, 0.15) is 0 Å². The summed E-state index contributed by atoms with van der Waals surface area (Å²) in [5.74, 6) is -0.946. The zero-order valence-corrected chi connectivity index (χ0v) is 11.3. The minimum Gasteiger partial charge on any atom is -0.478 e. The zero-order valence-electron chi connectivity index (χ0n) is 11.3. The summed E-state index contributed by atoms with van der Waals surface area (Å²) in [5.41, 5.74) is 2.12. The predicted molar refractivity (Wildman–Crippen MR) is 75.9 cm³/mol. The normalized spacial score (nSPS) is 10.1. The van der Waals surface area contributed by atoms with Crippen LogP contribution in [0.1, 0.15) is 21.5 Å². The standard InChI is InChI=1S/C14H16N4O3/c19-13(20)12-3-1-10(2-4-12)5-6-15-14(21)16-7-11-8-17-18-9-11/h1-4,8-9H,5-7H2,(H,17,18)(H,19,20)(H2,15,16,21). The highest BCUT2D eigenvalue weighted by molar-refractivity contribution is 5.87. The van der Waals surface area contributed by atoms with Crippen molar-refractivity contribution in [2.24, 2.45) is 0 Å². The number of hydrogen-bond donors (Lipinski definition) is 4. The van der Waals surface area contributed by atoms with Crippen LogP contribution in [0.2, 0.25) is 0 Å². The smallest absolute Gasteiger partial charge is 0.335 e. The Labute approximate surface area is 121 Å². The van der Waals surface area contributed by atoms with E-state index >= 15 is 0 Å². The molecule has 0 saturated heterocycles. The fourth-order valence-corrected chi connectivity index (χ4v) is 1.75. The number of benzene rings is 1. The van der Waals surface area contributed by atoms with Gasteiger partial charge in [0.25, 0.3) is 0 Å². The molecule has 0 radical (unpaired) electrons. The summed E-state index contributed by atoms with van der Waals surface area (Å²) >= 11 is 0. The van der Waals surface area contributed by atoms with Gasteiger partial charge in [-0.2, -0.15) is 5.10 Å². The lowest BCUT2D eigenvalue weighted by molar-refractivity contribution is 0.0697. The summed E-state index contributed by atoms with van der Waals surface area (Å²) in [6.45, 7) is 0.888. The molecule has 0 fully saturated rings. The Morgan fingerprint density at radius 2 is 1.90 bits per heavy atom. The fourth-order valence-electron chi connectivity index (χ4n) is 1.75. The van der Waals surface area contributed by atoms with E-state index in [9.17, 15) is 9.59 Å². The number of hydrogen-bond acceptors (Lipinski definition) is 3. The molecule has 0 saturated carbocycles. The van der Waals surface area contributed by atoms with Gasteiger partial charge in [-0.1, -0.05) is 12.1 Å². The van der Waals surface area contributed by atoms with Crippen molar-refractivity contribution >= 4 is 12.0 Å². The monoisotopic (exact) mass is 288 g/mol. The number of nitrogens with zero attached hydrogens (tertiary/aromatic N) is 1. The van der Waals surface area contributed by atoms with Crippen LogP contribution in [-0.2, 0) is 13.0 Å². The van der Waals surface area contributed by atoms with E-state index in [1.807, 2.05) is 0 Å². The number of urea groups is 1. The molecule has 0 bridgehead atoms. The first-order valence-corrected chi connectivity index (χ1v) is 6.47. The van der Waals surface area contributed by atoms with Gasteiger partial charge in [0, 0.05) is 24.8 Å². The first kappa shape index (κ1) is 14.6. The molecule has 0 spiro atoms. The number of carboxylic acids is 1. The second kappa shape index (κ2) is 7.09. The van der Waals surface area contributed by atoms with E-state index in [0.717, 1.165) is 11.1 Å². The third-order valence-electron chi connectivity index (χ3n) is 2.91. The molecule has 2 amide bonds. The SMILES string of the molecule is O=C(NCCc1ccc(C(=O)O)cc1)NCc1cn[nH]c1. The number of amides is 2. The van der Waals surface area contributed by atoms with Crippen LogP contribution in [0.3, 0.4) is 0 Å². The number of carbonyl (C=O) groups is 2. The maximum absolute atomic E-state index is 11.5. The molecule has 1 aromatic carbocycles. The molecule has 21 heavy (non-hydrogen) atoms. The lowest BCUT2D eigenvalue weighted by Gasteiger charge is -2.07. The Bertz CT molecular complexity index is 593. The Morgan fingerprint density at radius 3 is 2.52 bits per heavy atom. The van der Waals surface area contributed by atoms with E-state index in [1.165, 1.54) is 0 Å². The molecule has 7 nitrogen and oxygen atoms in total. The number of H-pyrrole nitrogens is 1. The predicted octanol–water partition coefficient (Wildman–Crippen LogP) is 1.15. The van der Waals surface area contributed by atoms with E-state index in [1.54, 1.807) is 36.7 Å². The van der Waals surface area contributed by atoms with Gasteiger partial charge in [-0.15, -0.1) is 0 Å². The Kier molecular flexibility index (Phi) is 4.92. The van der Waals surface area contributed by atoms with Crippen LogP contribution in [0.15, 0.2) is 36.7 Å². The highest BCUT2D eigenvalue weighted by Gasteiger charge is 2.03. The second-order valence-corrected chi connectivity index (χ2v) is 4.47. The van der Waals surface area contributed by atoms with E-state index in [4.69, 9.17) is 5.11 Å². The molecule has 0 unspecified atom stereocenters. The quantitative estimate of drug-likeness (QED) is 0.639. The summed E-state index contributed by atoms with van der Waals surface area (Å²) in [7, 11) is 0. The van der Waals surface area contributed by atoms with Crippen LogP contribution in [-0.4, -0.2) is 33.8 Å². The highest BCUT2D eigenvalue weighted by atomic mass is 16.4. The molecule has 0 atom stereocenters. The maximum Gasteiger partial charge on any atom is 0.335 e. The van der Waals surface area contributed by atoms with Crippen molar-refractivity contribution in [3.8, 4) is 0 Å². The summed E-state index contributed by atoms with van der Waals surface area (Å²) in [6, 6.07) is 6.34. The number of carbonyl (C=O) groups excluding carboxylic acids is 1. The molecule has 1 heterocycles. The van der Waals surface area contributed by atoms with Gasteiger partial charge < -0.3 is 15.7 Å². The van der Waals surface area contributed by atoms with Gasteiger partial charge in [0.2, 0.25) is 0 Å². The second-order valence-electron chi connectivity index (χ2n) is 4.47. The Morgan fingerprint density at radius 1 is 1.14 bits per heavy atom. The molecule has 0 aliphatic rings. The van der Waals surface area contributed by atoms with Crippen molar-refractivity contribution in [3.63, 3.8) is 0 Å². The molecule has 1 aromatic heterocycles. The number of rotatable bonds is 6. The number of aromatic nitrogens is 2. The summed E-state index contributed by atoms with van der Waals surface area (Å²) in [4.78, 5) is 22.3. The van der Waals surface area contributed by atoms with Gasteiger partial charge in [-0.3, -0.25) is 5.10 Å². The minimum atomic E-state index is -0.946. The van der Waals surface area contributed by atoms with Gasteiger partial charge >= 0.3 is 12.0 Å². The summed E-state index contributed by atoms with van der Waals surface area (Å²) < 4.78 is 0. The number of aromatic carboxylic acids is 1. The average molecular weight is 288 g/mol. The van der Waals surface area contributed by atoms with Gasteiger partial charge in [-0.25, -0.2) is 9.59 Å². The maximum atomic E-state index is 11.5. The molecule has 0 aliphatic heterocycles. The van der Waals surface area contributed by atoms with Crippen molar-refractivity contribution in [1.29, 1.82) is 0 Å². The van der Waals surface area contributed by atoms with Crippen LogP contribution in [0.25, 0.3) is 0 Å². The topological polar surface area (TPSA) is 107 Å². The van der Waals surface area contributed by atoms with Gasteiger partial charge in [0.15, 0.2) is 0 Å². The molecular weight excluding hydrogens is 272 g/mol. The molecule has 0 aliphatic carbocycles. The van der Waals surface area contributed by atoms with Gasteiger partial charge in [0.05, 0.1) is 11.8 Å². The van der Waals surface area contributed by atoms with E-state index in [2.05, 4.69) is 20.8 Å². The Balaban J connectivity index is 1.68. The van der Waals surface area contributed by atoms with E-state index in [-0.39, 0.29) is 11.6 Å². The summed E-state index contributed by atoms with van der Waals surface area (Å²) in [6.07, 6.45) is 3.99. The van der Waals surface area contributed by atoms with Crippen molar-refractivity contribution in [1.82, 2.24) is 20.8 Å². The largest absolute Gasteiger partial charge is 0.478 e. The average Bonchev–Trinajstić information content (AvgIpc) is 2.99. The van der Waals surface area contributed by atoms with Crippen LogP contribution in [0.5, 0.6) is 0 Å². The molecule has 2 aromatic rings. The first-order chi connectivity index (χ1) is 10.1. The van der Waals surface area contributed by atoms with Crippen LogP contribution in [0.4, 0.5) is 4.79 Å². The first-order valence-electron chi connectivity index (χ1n) is 6.47. The van der Waals surface area contributed by atoms with Crippen molar-refractivity contribution in [3.05, 3.63) is 53.3 Å². The number of carboxylic acid groups (broad SMARTS) is 1. The zero-order chi connectivity index (χ0) is 15.1. The number of nitrogens with one attached hydrogen (secondary N) is 3. The summed E-state index contributed by atoms with van der Waals surface area (Å²) in [5, 5.41) is 20.7. The fraction of sp³-hybridized carbons (Fsp3) is 0.214.